The zero-order chi connectivity index (χ0) is 23.0. The smallest absolute Gasteiger partial charge is 0.268 e. The molecule has 0 atom stereocenters. The summed E-state index contributed by atoms with van der Waals surface area (Å²) >= 11 is 18.8. The quantitative estimate of drug-likeness (QED) is 0.291. The maximum Gasteiger partial charge on any atom is 0.268 e. The summed E-state index contributed by atoms with van der Waals surface area (Å²) < 4.78 is 7.71. The van der Waals surface area contributed by atoms with Crippen LogP contribution >= 0.6 is 34.8 Å². The van der Waals surface area contributed by atoms with Crippen molar-refractivity contribution >= 4 is 34.8 Å². The van der Waals surface area contributed by atoms with Gasteiger partial charge in [-0.1, -0.05) is 67.7 Å². The van der Waals surface area contributed by atoms with Gasteiger partial charge in [-0.15, -0.1) is 22.5 Å². The highest BCUT2D eigenvalue weighted by atomic mass is 35.5. The summed E-state index contributed by atoms with van der Waals surface area (Å²) in [6, 6.07) is 12.6. The molecule has 0 N–H and O–H groups in total. The molecule has 0 amide bonds. The van der Waals surface area contributed by atoms with Crippen molar-refractivity contribution in [3.05, 3.63) is 69.0 Å². The Morgan fingerprint density at radius 2 is 1.69 bits per heavy atom. The molecule has 0 aliphatic carbocycles. The maximum absolute atomic E-state index is 6.54. The van der Waals surface area contributed by atoms with Crippen LogP contribution in [0.4, 0.5) is 0 Å². The molecular formula is C24H19Cl3N4O. The molecule has 0 saturated heterocycles. The number of hydrogen-bond donors (Lipinski definition) is 0. The molecule has 0 aliphatic heterocycles. The predicted octanol–water partition coefficient (Wildman–Crippen LogP) is 7.02. The van der Waals surface area contributed by atoms with E-state index in [0.29, 0.717) is 44.7 Å². The molecule has 0 spiro atoms. The standard InChI is InChI=1S/C24H19Cl3N4O/c1-5-6-17-20(22-28-29-23(32-22)24(2,3)4)30-31(19-12-11-16(26)13-18(19)27)21(17)14-7-9-15(25)10-8-14/h1,7-13H,6H2,2-4H3. The van der Waals surface area contributed by atoms with Crippen LogP contribution in [0.3, 0.4) is 0 Å². The molecule has 0 radical (unpaired) electrons. The summed E-state index contributed by atoms with van der Waals surface area (Å²) in [6.07, 6.45) is 6.03. The maximum atomic E-state index is 6.54. The van der Waals surface area contributed by atoms with Gasteiger partial charge in [0.25, 0.3) is 5.89 Å². The molecule has 2 aromatic carbocycles. The van der Waals surface area contributed by atoms with Gasteiger partial charge in [0.05, 0.1) is 16.4 Å². The lowest BCUT2D eigenvalue weighted by Crippen LogP contribution is -2.11. The van der Waals surface area contributed by atoms with E-state index in [1.807, 2.05) is 32.9 Å². The van der Waals surface area contributed by atoms with Crippen LogP contribution in [0, 0.1) is 12.3 Å². The number of hydrogen-bond acceptors (Lipinski definition) is 4. The van der Waals surface area contributed by atoms with Crippen molar-refractivity contribution < 1.29 is 4.42 Å². The highest BCUT2D eigenvalue weighted by Gasteiger charge is 2.28. The fourth-order valence-corrected chi connectivity index (χ4v) is 3.86. The number of rotatable bonds is 4. The Kier molecular flexibility index (Phi) is 6.05. The average Bonchev–Trinajstić information content (AvgIpc) is 3.34. The zero-order valence-corrected chi connectivity index (χ0v) is 19.9. The largest absolute Gasteiger partial charge is 0.419 e. The van der Waals surface area contributed by atoms with Crippen LogP contribution in [0.15, 0.2) is 46.9 Å². The van der Waals surface area contributed by atoms with Crippen molar-refractivity contribution in [2.45, 2.75) is 32.6 Å². The van der Waals surface area contributed by atoms with E-state index in [1.165, 1.54) is 0 Å². The van der Waals surface area contributed by atoms with Crippen molar-refractivity contribution in [1.82, 2.24) is 20.0 Å². The van der Waals surface area contributed by atoms with E-state index in [9.17, 15) is 0 Å². The lowest BCUT2D eigenvalue weighted by atomic mass is 9.97. The van der Waals surface area contributed by atoms with E-state index in [1.54, 1.807) is 35.0 Å². The van der Waals surface area contributed by atoms with Gasteiger partial charge in [0.1, 0.15) is 0 Å². The second kappa shape index (κ2) is 8.63. The Balaban J connectivity index is 2.02. The highest BCUT2D eigenvalue weighted by Crippen LogP contribution is 2.37. The van der Waals surface area contributed by atoms with Gasteiger partial charge >= 0.3 is 0 Å². The Morgan fingerprint density at radius 3 is 2.28 bits per heavy atom. The van der Waals surface area contributed by atoms with Gasteiger partial charge in [-0.05, 0) is 30.3 Å². The molecule has 0 bridgehead atoms. The summed E-state index contributed by atoms with van der Waals surface area (Å²) in [7, 11) is 0. The van der Waals surface area contributed by atoms with Crippen LogP contribution in [0.2, 0.25) is 15.1 Å². The molecule has 2 aromatic heterocycles. The number of aromatic nitrogens is 4. The summed E-state index contributed by atoms with van der Waals surface area (Å²) in [5.74, 6) is 3.51. The molecule has 32 heavy (non-hydrogen) atoms. The minimum atomic E-state index is -0.307. The molecule has 2 heterocycles. The summed E-state index contributed by atoms with van der Waals surface area (Å²) in [4.78, 5) is 0. The van der Waals surface area contributed by atoms with Gasteiger partial charge in [0, 0.05) is 33.0 Å². The summed E-state index contributed by atoms with van der Waals surface area (Å²) in [6.45, 7) is 5.99. The van der Waals surface area contributed by atoms with Gasteiger partial charge in [0.15, 0.2) is 5.69 Å². The van der Waals surface area contributed by atoms with Crippen molar-refractivity contribution in [1.29, 1.82) is 0 Å². The molecule has 8 heteroatoms. The first-order chi connectivity index (χ1) is 15.2. The third-order valence-corrected chi connectivity index (χ3v) is 5.58. The van der Waals surface area contributed by atoms with Crippen LogP contribution in [0.1, 0.15) is 32.2 Å². The lowest BCUT2D eigenvalue weighted by Gasteiger charge is -2.11. The average molecular weight is 486 g/mol. The summed E-state index contributed by atoms with van der Waals surface area (Å²) in [5, 5.41) is 14.9. The number of terminal acetylenes is 1. The first-order valence-corrected chi connectivity index (χ1v) is 10.9. The van der Waals surface area contributed by atoms with Crippen molar-refractivity contribution in [2.24, 2.45) is 0 Å². The van der Waals surface area contributed by atoms with Crippen LogP contribution in [0.5, 0.6) is 0 Å². The Labute approximate surface area is 201 Å². The van der Waals surface area contributed by atoms with E-state index in [0.717, 1.165) is 16.8 Å². The first-order valence-electron chi connectivity index (χ1n) is 9.80. The van der Waals surface area contributed by atoms with Crippen molar-refractivity contribution in [2.75, 3.05) is 0 Å². The van der Waals surface area contributed by atoms with E-state index < -0.39 is 0 Å². The molecule has 4 aromatic rings. The fraction of sp³-hybridized carbons (Fsp3) is 0.208. The Hall–Kier alpha value is -2.78. The minimum Gasteiger partial charge on any atom is -0.419 e. The van der Waals surface area contributed by atoms with Crippen LogP contribution in [-0.4, -0.2) is 20.0 Å². The van der Waals surface area contributed by atoms with E-state index >= 15 is 0 Å². The van der Waals surface area contributed by atoms with E-state index in [2.05, 4.69) is 16.1 Å². The minimum absolute atomic E-state index is 0.291. The van der Waals surface area contributed by atoms with Crippen LogP contribution < -0.4 is 0 Å². The first kappa shape index (κ1) is 22.4. The van der Waals surface area contributed by atoms with Crippen molar-refractivity contribution in [3.63, 3.8) is 0 Å². The second-order valence-electron chi connectivity index (χ2n) is 8.23. The van der Waals surface area contributed by atoms with Gasteiger partial charge < -0.3 is 4.42 Å². The third kappa shape index (κ3) is 4.27. The Morgan fingerprint density at radius 1 is 1.00 bits per heavy atom. The molecule has 0 fully saturated rings. The monoisotopic (exact) mass is 484 g/mol. The Bertz CT molecular complexity index is 1330. The number of nitrogens with zero attached hydrogens (tertiary/aromatic N) is 4. The normalized spacial score (nSPS) is 11.5. The van der Waals surface area contributed by atoms with Gasteiger partial charge in [-0.3, -0.25) is 0 Å². The molecule has 5 nitrogen and oxygen atoms in total. The molecule has 162 valence electrons. The fourth-order valence-electron chi connectivity index (χ4n) is 3.25. The van der Waals surface area contributed by atoms with E-state index in [4.69, 9.17) is 50.7 Å². The predicted molar refractivity (Wildman–Crippen MR) is 129 cm³/mol. The highest BCUT2D eigenvalue weighted by molar-refractivity contribution is 6.35. The lowest BCUT2D eigenvalue weighted by molar-refractivity contribution is 0.398. The molecule has 0 aliphatic rings. The van der Waals surface area contributed by atoms with Gasteiger partial charge in [0.2, 0.25) is 5.89 Å². The molecule has 0 saturated carbocycles. The molecular weight excluding hydrogens is 467 g/mol. The third-order valence-electron chi connectivity index (χ3n) is 4.79. The summed E-state index contributed by atoms with van der Waals surface area (Å²) in [5.41, 5.74) is 3.22. The van der Waals surface area contributed by atoms with Crippen LogP contribution in [0.25, 0.3) is 28.5 Å². The second-order valence-corrected chi connectivity index (χ2v) is 9.51. The van der Waals surface area contributed by atoms with Crippen LogP contribution in [-0.2, 0) is 11.8 Å². The number of benzene rings is 2. The SMILES string of the molecule is C#CCc1c(-c2nnc(C(C)(C)C)o2)nn(-c2ccc(Cl)cc2Cl)c1-c1ccc(Cl)cc1. The topological polar surface area (TPSA) is 56.7 Å². The van der Waals surface area contributed by atoms with E-state index in [-0.39, 0.29) is 5.41 Å². The number of halogens is 3. The zero-order valence-electron chi connectivity index (χ0n) is 17.7. The van der Waals surface area contributed by atoms with Gasteiger partial charge in [-0.25, -0.2) is 4.68 Å². The molecule has 0 unspecified atom stereocenters. The molecule has 4 rings (SSSR count). The van der Waals surface area contributed by atoms with Crippen molar-refractivity contribution in [3.8, 4) is 40.9 Å². The van der Waals surface area contributed by atoms with Gasteiger partial charge in [-0.2, -0.15) is 5.10 Å².